The molecule has 8 heteroatoms. The predicted octanol–water partition coefficient (Wildman–Crippen LogP) is 6.00. The third-order valence-corrected chi connectivity index (χ3v) is 5.75. The lowest BCUT2D eigenvalue weighted by molar-refractivity contribution is -0.110. The molecule has 0 saturated heterocycles. The number of amides is 1. The minimum Gasteiger partial charge on any atom is -0.497 e. The first kappa shape index (κ1) is 28.7. The molecule has 1 amide bonds. The Bertz CT molecular complexity index is 1100. The van der Waals surface area contributed by atoms with Crippen molar-refractivity contribution in [3.8, 4) is 17.2 Å². The summed E-state index contributed by atoms with van der Waals surface area (Å²) < 4.78 is 16.9. The van der Waals surface area contributed by atoms with E-state index in [9.17, 15) is 4.79 Å². The van der Waals surface area contributed by atoms with Crippen LogP contribution in [0.25, 0.3) is 0 Å². The number of nitrogens with one attached hydrogen (secondary N) is 1. The van der Waals surface area contributed by atoms with Crippen molar-refractivity contribution in [2.24, 2.45) is 15.9 Å². The van der Waals surface area contributed by atoms with Crippen LogP contribution in [0, 0.1) is 0 Å². The third kappa shape index (κ3) is 7.73. The zero-order valence-corrected chi connectivity index (χ0v) is 22.8. The molecule has 196 valence electrons. The van der Waals surface area contributed by atoms with Crippen molar-refractivity contribution in [3.05, 3.63) is 42.0 Å². The zero-order chi connectivity index (χ0) is 26.9. The van der Waals surface area contributed by atoms with Crippen molar-refractivity contribution in [2.75, 3.05) is 19.5 Å². The summed E-state index contributed by atoms with van der Waals surface area (Å²) in [6, 6.07) is 11.1. The Hall–Kier alpha value is -3.55. The number of hydrazone groups is 1. The number of hydrogen-bond donors (Lipinski definition) is 2. The molecule has 2 aromatic rings. The van der Waals surface area contributed by atoms with Crippen molar-refractivity contribution in [3.63, 3.8) is 0 Å². The number of carbonyl (C=O) groups excluding carboxylic acids is 1. The van der Waals surface area contributed by atoms with Crippen molar-refractivity contribution in [1.82, 2.24) is 0 Å². The van der Waals surface area contributed by atoms with Gasteiger partial charge in [-0.3, -0.25) is 4.79 Å². The number of ether oxygens (including phenoxy) is 3. The van der Waals surface area contributed by atoms with Gasteiger partial charge in [-0.15, -0.1) is 0 Å². The van der Waals surface area contributed by atoms with Crippen LogP contribution >= 0.6 is 0 Å². The van der Waals surface area contributed by atoms with Gasteiger partial charge in [0.15, 0.2) is 5.71 Å². The van der Waals surface area contributed by atoms with Gasteiger partial charge in [0.05, 0.1) is 31.7 Å². The van der Waals surface area contributed by atoms with E-state index in [-0.39, 0.29) is 17.2 Å². The Labute approximate surface area is 214 Å². The van der Waals surface area contributed by atoms with Crippen molar-refractivity contribution < 1.29 is 19.0 Å². The van der Waals surface area contributed by atoms with Gasteiger partial charge in [0.2, 0.25) is 0 Å². The number of hydrogen-bond acceptors (Lipinski definition) is 7. The van der Waals surface area contributed by atoms with Crippen molar-refractivity contribution in [2.45, 2.75) is 72.3 Å². The standard InChI is InChI=1S/C28H40N4O4/c1-9-10-11-18(2)36-25-14-12-20(28(4,5)6)16-22(25)31-27(33)26(32-29)19(3)30-23-17-21(34-7)13-15-24(23)35-8/h12-18H,9-11,29H2,1-8H3,(H,31,33). The second-order valence-electron chi connectivity index (χ2n) is 9.70. The van der Waals surface area contributed by atoms with Crippen LogP contribution in [0.15, 0.2) is 46.5 Å². The van der Waals surface area contributed by atoms with Gasteiger partial charge >= 0.3 is 0 Å². The van der Waals surface area contributed by atoms with E-state index in [4.69, 9.17) is 20.1 Å². The lowest BCUT2D eigenvalue weighted by atomic mass is 9.87. The molecule has 1 atom stereocenters. The monoisotopic (exact) mass is 496 g/mol. The molecule has 0 aliphatic heterocycles. The van der Waals surface area contributed by atoms with E-state index in [0.29, 0.717) is 34.3 Å². The molecule has 0 radical (unpaired) electrons. The normalized spacial score (nSPS) is 13.2. The molecular weight excluding hydrogens is 456 g/mol. The van der Waals surface area contributed by atoms with E-state index in [1.54, 1.807) is 39.3 Å². The van der Waals surface area contributed by atoms with Crippen LogP contribution in [0.2, 0.25) is 0 Å². The number of nitrogens with two attached hydrogens (primary N) is 1. The molecule has 0 heterocycles. The fourth-order valence-electron chi connectivity index (χ4n) is 3.58. The lowest BCUT2D eigenvalue weighted by Gasteiger charge is -2.23. The Morgan fingerprint density at radius 2 is 1.78 bits per heavy atom. The molecule has 0 spiro atoms. The molecule has 2 rings (SSSR count). The van der Waals surface area contributed by atoms with Crippen LogP contribution in [-0.4, -0.2) is 37.7 Å². The Balaban J connectivity index is 2.39. The van der Waals surface area contributed by atoms with Gasteiger partial charge < -0.3 is 25.4 Å². The largest absolute Gasteiger partial charge is 0.497 e. The van der Waals surface area contributed by atoms with Crippen molar-refractivity contribution in [1.29, 1.82) is 0 Å². The number of carbonyl (C=O) groups is 1. The maximum Gasteiger partial charge on any atom is 0.278 e. The van der Waals surface area contributed by atoms with Gasteiger partial charge in [-0.25, -0.2) is 4.99 Å². The molecule has 2 aromatic carbocycles. The second-order valence-corrected chi connectivity index (χ2v) is 9.70. The number of aliphatic imine (C=N–C) groups is 1. The van der Waals surface area contributed by atoms with E-state index in [1.807, 2.05) is 25.1 Å². The number of rotatable bonds is 11. The molecule has 0 aliphatic carbocycles. The summed E-state index contributed by atoms with van der Waals surface area (Å²) in [5, 5.41) is 6.68. The molecule has 0 aliphatic rings. The Morgan fingerprint density at radius 3 is 2.36 bits per heavy atom. The smallest absolute Gasteiger partial charge is 0.278 e. The lowest BCUT2D eigenvalue weighted by Crippen LogP contribution is -2.30. The first-order valence-corrected chi connectivity index (χ1v) is 12.2. The summed E-state index contributed by atoms with van der Waals surface area (Å²) >= 11 is 0. The number of anilines is 1. The molecule has 36 heavy (non-hydrogen) atoms. The van der Waals surface area contributed by atoms with Gasteiger partial charge in [0, 0.05) is 6.07 Å². The number of unbranched alkanes of at least 4 members (excludes halogenated alkanes) is 1. The summed E-state index contributed by atoms with van der Waals surface area (Å²) in [6.07, 6.45) is 3.09. The van der Waals surface area contributed by atoms with Crippen LogP contribution < -0.4 is 25.4 Å². The second kappa shape index (κ2) is 13.0. The molecule has 3 N–H and O–H groups in total. The fourth-order valence-corrected chi connectivity index (χ4v) is 3.58. The van der Waals surface area contributed by atoms with Crippen LogP contribution in [0.5, 0.6) is 17.2 Å². The summed E-state index contributed by atoms with van der Waals surface area (Å²) in [5.41, 5.74) is 2.31. The van der Waals surface area contributed by atoms with E-state index in [0.717, 1.165) is 24.8 Å². The van der Waals surface area contributed by atoms with Gasteiger partial charge in [-0.1, -0.05) is 46.6 Å². The van der Waals surface area contributed by atoms with Gasteiger partial charge in [0.25, 0.3) is 5.91 Å². The average Bonchev–Trinajstić information content (AvgIpc) is 2.83. The topological polar surface area (TPSA) is 108 Å². The maximum atomic E-state index is 13.3. The summed E-state index contributed by atoms with van der Waals surface area (Å²) in [5.74, 6) is 6.89. The molecule has 0 bridgehead atoms. The molecule has 0 aromatic heterocycles. The average molecular weight is 497 g/mol. The first-order valence-electron chi connectivity index (χ1n) is 12.2. The first-order chi connectivity index (χ1) is 17.0. The quantitative estimate of drug-likeness (QED) is 0.225. The summed E-state index contributed by atoms with van der Waals surface area (Å²) in [4.78, 5) is 17.9. The van der Waals surface area contributed by atoms with E-state index in [2.05, 4.69) is 43.1 Å². The minimum atomic E-state index is -0.488. The van der Waals surface area contributed by atoms with Crippen LogP contribution in [-0.2, 0) is 10.2 Å². The number of nitrogens with zero attached hydrogens (tertiary/aromatic N) is 2. The fraction of sp³-hybridized carbons (Fsp3) is 0.464. The number of methoxy groups -OCH3 is 2. The summed E-state index contributed by atoms with van der Waals surface area (Å²) in [6.45, 7) is 12.2. The van der Waals surface area contributed by atoms with Gasteiger partial charge in [-0.05, 0) is 55.5 Å². The van der Waals surface area contributed by atoms with Gasteiger partial charge in [-0.2, -0.15) is 5.10 Å². The molecule has 0 saturated carbocycles. The third-order valence-electron chi connectivity index (χ3n) is 5.75. The highest BCUT2D eigenvalue weighted by atomic mass is 16.5. The highest BCUT2D eigenvalue weighted by Gasteiger charge is 2.21. The predicted molar refractivity (Wildman–Crippen MR) is 147 cm³/mol. The summed E-state index contributed by atoms with van der Waals surface area (Å²) in [7, 11) is 3.11. The molecule has 1 unspecified atom stereocenters. The SMILES string of the molecule is CCCCC(C)Oc1ccc(C(C)(C)C)cc1NC(=O)C(=NN)C(C)=Nc1cc(OC)ccc1OC. The Kier molecular flexibility index (Phi) is 10.3. The van der Waals surface area contributed by atoms with Gasteiger partial charge in [0.1, 0.15) is 22.9 Å². The van der Waals surface area contributed by atoms with Crippen LogP contribution in [0.4, 0.5) is 11.4 Å². The molecule has 8 nitrogen and oxygen atoms in total. The van der Waals surface area contributed by atoms with E-state index < -0.39 is 5.91 Å². The van der Waals surface area contributed by atoms with Crippen molar-refractivity contribution >= 4 is 28.7 Å². The Morgan fingerprint density at radius 1 is 1.08 bits per heavy atom. The van der Waals surface area contributed by atoms with Crippen LogP contribution in [0.3, 0.4) is 0 Å². The highest BCUT2D eigenvalue weighted by Crippen LogP contribution is 2.34. The minimum absolute atomic E-state index is 0.00700. The molecule has 0 fully saturated rings. The number of benzene rings is 2. The molecular formula is C28H40N4O4. The van der Waals surface area contributed by atoms with E-state index in [1.165, 1.54) is 0 Å². The highest BCUT2D eigenvalue weighted by molar-refractivity contribution is 6.68. The maximum absolute atomic E-state index is 13.3. The van der Waals surface area contributed by atoms with E-state index >= 15 is 0 Å². The zero-order valence-electron chi connectivity index (χ0n) is 22.8. The van der Waals surface area contributed by atoms with Crippen LogP contribution in [0.1, 0.15) is 66.4 Å².